The van der Waals surface area contributed by atoms with Crippen molar-refractivity contribution in [1.29, 1.82) is 0 Å². The van der Waals surface area contributed by atoms with E-state index in [2.05, 4.69) is 10.4 Å². The first-order chi connectivity index (χ1) is 7.25. The van der Waals surface area contributed by atoms with Crippen LogP contribution in [0, 0.1) is 0 Å². The minimum Gasteiger partial charge on any atom is -0.461 e. The number of nitrogens with zero attached hydrogens (tertiary/aromatic N) is 2. The van der Waals surface area contributed by atoms with Crippen LogP contribution in [0.5, 0.6) is 0 Å². The van der Waals surface area contributed by atoms with Crippen molar-refractivity contribution in [2.75, 3.05) is 6.54 Å². The standard InChI is InChI=1S/C10H15N3O2/c1-8-7-9(10(14)15-8)11-4-6-13-5-2-3-12-13/h2-3,5,8-9,11H,4,6-7H2,1H3. The first kappa shape index (κ1) is 10.2. The van der Waals surface area contributed by atoms with Crippen molar-refractivity contribution in [3.8, 4) is 0 Å². The van der Waals surface area contributed by atoms with Crippen molar-refractivity contribution in [2.45, 2.75) is 32.0 Å². The molecular formula is C10H15N3O2. The Morgan fingerprint density at radius 2 is 2.60 bits per heavy atom. The molecule has 1 aromatic rings. The zero-order valence-electron chi connectivity index (χ0n) is 8.72. The number of ether oxygens (including phenoxy) is 1. The van der Waals surface area contributed by atoms with Gasteiger partial charge in [0, 0.05) is 25.4 Å². The molecule has 1 aliphatic rings. The molecule has 2 unspecified atom stereocenters. The van der Waals surface area contributed by atoms with Gasteiger partial charge in [0.15, 0.2) is 0 Å². The number of esters is 1. The lowest BCUT2D eigenvalue weighted by Gasteiger charge is -2.08. The fourth-order valence-corrected chi connectivity index (χ4v) is 1.71. The van der Waals surface area contributed by atoms with Crippen molar-refractivity contribution in [3.63, 3.8) is 0 Å². The molecule has 1 aromatic heterocycles. The van der Waals surface area contributed by atoms with Gasteiger partial charge in [-0.2, -0.15) is 5.10 Å². The minimum atomic E-state index is -0.143. The molecule has 1 N–H and O–H groups in total. The molecule has 0 aromatic carbocycles. The van der Waals surface area contributed by atoms with Crippen molar-refractivity contribution in [3.05, 3.63) is 18.5 Å². The van der Waals surface area contributed by atoms with Crippen LogP contribution < -0.4 is 5.32 Å². The predicted octanol–water partition coefficient (Wildman–Crippen LogP) is 0.177. The van der Waals surface area contributed by atoms with Crippen LogP contribution in [0.15, 0.2) is 18.5 Å². The number of rotatable bonds is 4. The van der Waals surface area contributed by atoms with Crippen molar-refractivity contribution in [2.24, 2.45) is 0 Å². The summed E-state index contributed by atoms with van der Waals surface area (Å²) in [5.41, 5.74) is 0. The average molecular weight is 209 g/mol. The summed E-state index contributed by atoms with van der Waals surface area (Å²) in [4.78, 5) is 11.3. The van der Waals surface area contributed by atoms with E-state index in [0.29, 0.717) is 0 Å². The average Bonchev–Trinajstić information content (AvgIpc) is 2.77. The molecule has 2 rings (SSSR count). The Morgan fingerprint density at radius 1 is 1.73 bits per heavy atom. The third-order valence-electron chi connectivity index (χ3n) is 2.46. The molecule has 1 saturated heterocycles. The van der Waals surface area contributed by atoms with E-state index in [0.717, 1.165) is 19.5 Å². The van der Waals surface area contributed by atoms with Crippen LogP contribution in [0.25, 0.3) is 0 Å². The van der Waals surface area contributed by atoms with Gasteiger partial charge in [-0.3, -0.25) is 9.48 Å². The summed E-state index contributed by atoms with van der Waals surface area (Å²) in [5.74, 6) is -0.136. The Labute approximate surface area is 88.4 Å². The molecule has 1 fully saturated rings. The molecule has 15 heavy (non-hydrogen) atoms. The molecule has 0 saturated carbocycles. The van der Waals surface area contributed by atoms with Crippen LogP contribution in [-0.2, 0) is 16.1 Å². The van der Waals surface area contributed by atoms with Crippen LogP contribution >= 0.6 is 0 Å². The van der Waals surface area contributed by atoms with Gasteiger partial charge in [-0.05, 0) is 13.0 Å². The second-order valence-corrected chi connectivity index (χ2v) is 3.76. The molecule has 0 amide bonds. The fraction of sp³-hybridized carbons (Fsp3) is 0.600. The maximum Gasteiger partial charge on any atom is 0.323 e. The maximum absolute atomic E-state index is 11.3. The number of hydrogen-bond acceptors (Lipinski definition) is 4. The van der Waals surface area contributed by atoms with Gasteiger partial charge >= 0.3 is 5.97 Å². The van der Waals surface area contributed by atoms with E-state index in [1.165, 1.54) is 0 Å². The van der Waals surface area contributed by atoms with E-state index in [-0.39, 0.29) is 18.1 Å². The first-order valence-corrected chi connectivity index (χ1v) is 5.17. The Bertz CT molecular complexity index is 323. The summed E-state index contributed by atoms with van der Waals surface area (Å²) in [7, 11) is 0. The van der Waals surface area contributed by atoms with E-state index in [9.17, 15) is 4.79 Å². The SMILES string of the molecule is CC1CC(NCCn2cccn2)C(=O)O1. The Kier molecular flexibility index (Phi) is 3.01. The topological polar surface area (TPSA) is 56.2 Å². The van der Waals surface area contributed by atoms with Gasteiger partial charge in [0.25, 0.3) is 0 Å². The number of aromatic nitrogens is 2. The quantitative estimate of drug-likeness (QED) is 0.718. The van der Waals surface area contributed by atoms with Gasteiger partial charge < -0.3 is 10.1 Å². The summed E-state index contributed by atoms with van der Waals surface area (Å²) in [6.45, 7) is 3.41. The normalized spacial score (nSPS) is 25.5. The molecule has 0 spiro atoms. The Balaban J connectivity index is 1.72. The van der Waals surface area contributed by atoms with E-state index < -0.39 is 0 Å². The summed E-state index contributed by atoms with van der Waals surface area (Å²) in [6.07, 6.45) is 4.45. The van der Waals surface area contributed by atoms with Gasteiger partial charge in [0.1, 0.15) is 12.1 Å². The second-order valence-electron chi connectivity index (χ2n) is 3.76. The van der Waals surface area contributed by atoms with E-state index in [4.69, 9.17) is 4.74 Å². The van der Waals surface area contributed by atoms with Crippen LogP contribution in [0.4, 0.5) is 0 Å². The second kappa shape index (κ2) is 4.44. The van der Waals surface area contributed by atoms with Crippen LogP contribution in [0.2, 0.25) is 0 Å². The number of nitrogens with one attached hydrogen (secondary N) is 1. The number of carbonyl (C=O) groups is 1. The maximum atomic E-state index is 11.3. The van der Waals surface area contributed by atoms with Gasteiger partial charge in [-0.25, -0.2) is 0 Å². The Hall–Kier alpha value is -1.36. The molecule has 2 heterocycles. The highest BCUT2D eigenvalue weighted by Crippen LogP contribution is 2.13. The van der Waals surface area contributed by atoms with Crippen molar-refractivity contribution >= 4 is 5.97 Å². The number of cyclic esters (lactones) is 1. The zero-order valence-corrected chi connectivity index (χ0v) is 8.72. The molecule has 5 heteroatoms. The van der Waals surface area contributed by atoms with Crippen LogP contribution in [0.3, 0.4) is 0 Å². The monoisotopic (exact) mass is 209 g/mol. The molecule has 0 radical (unpaired) electrons. The van der Waals surface area contributed by atoms with E-state index in [1.807, 2.05) is 23.9 Å². The number of hydrogen-bond donors (Lipinski definition) is 1. The molecule has 0 aliphatic carbocycles. The predicted molar refractivity (Wildman–Crippen MR) is 54.2 cm³/mol. The van der Waals surface area contributed by atoms with E-state index >= 15 is 0 Å². The molecule has 1 aliphatic heterocycles. The highest BCUT2D eigenvalue weighted by molar-refractivity contribution is 5.77. The summed E-state index contributed by atoms with van der Waals surface area (Å²) >= 11 is 0. The molecule has 82 valence electrons. The highest BCUT2D eigenvalue weighted by atomic mass is 16.6. The number of carbonyl (C=O) groups excluding carboxylic acids is 1. The molecule has 5 nitrogen and oxygen atoms in total. The van der Waals surface area contributed by atoms with Gasteiger partial charge in [-0.1, -0.05) is 0 Å². The lowest BCUT2D eigenvalue weighted by atomic mass is 10.2. The van der Waals surface area contributed by atoms with Crippen molar-refractivity contribution in [1.82, 2.24) is 15.1 Å². The summed E-state index contributed by atoms with van der Waals surface area (Å²) < 4.78 is 6.87. The highest BCUT2D eigenvalue weighted by Gasteiger charge is 2.30. The summed E-state index contributed by atoms with van der Waals surface area (Å²) in [6, 6.07) is 1.74. The minimum absolute atomic E-state index is 0.0414. The lowest BCUT2D eigenvalue weighted by molar-refractivity contribution is -0.142. The zero-order chi connectivity index (χ0) is 10.7. The smallest absolute Gasteiger partial charge is 0.323 e. The Morgan fingerprint density at radius 3 is 3.20 bits per heavy atom. The van der Waals surface area contributed by atoms with Gasteiger partial charge in [-0.15, -0.1) is 0 Å². The van der Waals surface area contributed by atoms with Crippen LogP contribution in [-0.4, -0.2) is 34.4 Å². The van der Waals surface area contributed by atoms with Gasteiger partial charge in [0.05, 0.1) is 6.54 Å². The van der Waals surface area contributed by atoms with Crippen molar-refractivity contribution < 1.29 is 9.53 Å². The third kappa shape index (κ3) is 2.56. The van der Waals surface area contributed by atoms with Gasteiger partial charge in [0.2, 0.25) is 0 Å². The molecule has 0 bridgehead atoms. The molecule has 2 atom stereocenters. The first-order valence-electron chi connectivity index (χ1n) is 5.17. The summed E-state index contributed by atoms with van der Waals surface area (Å²) in [5, 5.41) is 7.24. The third-order valence-corrected chi connectivity index (χ3v) is 2.46. The largest absolute Gasteiger partial charge is 0.461 e. The van der Waals surface area contributed by atoms with Crippen LogP contribution in [0.1, 0.15) is 13.3 Å². The van der Waals surface area contributed by atoms with E-state index in [1.54, 1.807) is 6.20 Å². The fourth-order valence-electron chi connectivity index (χ4n) is 1.71. The molecular weight excluding hydrogens is 194 g/mol. The lowest BCUT2D eigenvalue weighted by Crippen LogP contribution is -2.35.